The Hall–Kier alpha value is -2.69. The van der Waals surface area contributed by atoms with E-state index in [0.717, 1.165) is 38.1 Å². The third kappa shape index (κ3) is 4.58. The van der Waals surface area contributed by atoms with E-state index in [1.165, 1.54) is 0 Å². The quantitative estimate of drug-likeness (QED) is 0.765. The second-order valence-corrected chi connectivity index (χ2v) is 6.78. The van der Waals surface area contributed by atoms with Crippen molar-refractivity contribution in [3.05, 3.63) is 29.6 Å². The van der Waals surface area contributed by atoms with E-state index in [9.17, 15) is 17.6 Å². The zero-order valence-corrected chi connectivity index (χ0v) is 15.5. The Morgan fingerprint density at radius 3 is 2.46 bits per heavy atom. The highest BCUT2D eigenvalue weighted by atomic mass is 19.4. The summed E-state index contributed by atoms with van der Waals surface area (Å²) >= 11 is 0. The van der Waals surface area contributed by atoms with Crippen LogP contribution < -0.4 is 16.0 Å². The van der Waals surface area contributed by atoms with Gasteiger partial charge in [0.2, 0.25) is 17.8 Å². The van der Waals surface area contributed by atoms with Crippen LogP contribution in [0.25, 0.3) is 0 Å². The van der Waals surface area contributed by atoms with Gasteiger partial charge in [-0.15, -0.1) is 0 Å². The van der Waals surface area contributed by atoms with Gasteiger partial charge in [-0.25, -0.2) is 4.39 Å². The van der Waals surface area contributed by atoms with Crippen LogP contribution >= 0.6 is 0 Å². The van der Waals surface area contributed by atoms with E-state index in [2.05, 4.69) is 32.2 Å². The molecule has 0 amide bonds. The summed E-state index contributed by atoms with van der Waals surface area (Å²) in [5.74, 6) is -1.05. The minimum atomic E-state index is -4.76. The molecule has 0 spiro atoms. The van der Waals surface area contributed by atoms with Crippen LogP contribution in [0.15, 0.2) is 18.2 Å². The van der Waals surface area contributed by atoms with Crippen LogP contribution in [0, 0.1) is 5.82 Å². The van der Waals surface area contributed by atoms with Crippen molar-refractivity contribution in [1.82, 2.24) is 19.9 Å². The minimum absolute atomic E-state index is 0.0291. The third-order valence-corrected chi connectivity index (χ3v) is 4.72. The first kappa shape index (κ1) is 20.1. The predicted molar refractivity (Wildman–Crippen MR) is 97.8 cm³/mol. The topological polar surface area (TPSA) is 83.2 Å². The van der Waals surface area contributed by atoms with Crippen LogP contribution in [0.4, 0.5) is 41.1 Å². The molecule has 28 heavy (non-hydrogen) atoms. The Morgan fingerprint density at radius 1 is 1.18 bits per heavy atom. The van der Waals surface area contributed by atoms with Gasteiger partial charge in [0.25, 0.3) is 0 Å². The number of hydrogen-bond donors (Lipinski definition) is 2. The number of benzene rings is 1. The molecular formula is C17H21F4N7. The molecule has 0 saturated carbocycles. The van der Waals surface area contributed by atoms with Crippen molar-refractivity contribution in [1.29, 1.82) is 0 Å². The first-order chi connectivity index (χ1) is 13.1. The number of nitrogens with one attached hydrogen (secondary N) is 1. The molecule has 3 N–H and O–H groups in total. The maximum Gasteiger partial charge on any atom is 0.419 e. The largest absolute Gasteiger partial charge is 0.419 e. The summed E-state index contributed by atoms with van der Waals surface area (Å²) in [6, 6.07) is 2.73. The summed E-state index contributed by atoms with van der Waals surface area (Å²) in [4.78, 5) is 16.5. The summed E-state index contributed by atoms with van der Waals surface area (Å²) in [7, 11) is 3.91. The molecule has 3 rings (SSSR count). The van der Waals surface area contributed by atoms with Crippen molar-refractivity contribution < 1.29 is 17.6 Å². The number of rotatable bonds is 4. The van der Waals surface area contributed by atoms with Gasteiger partial charge in [-0.1, -0.05) is 0 Å². The highest BCUT2D eigenvalue weighted by Gasteiger charge is 2.34. The number of halogens is 4. The Kier molecular flexibility index (Phi) is 5.54. The van der Waals surface area contributed by atoms with Gasteiger partial charge in [-0.05, 0) is 51.2 Å². The molecular weight excluding hydrogens is 378 g/mol. The molecule has 1 aliphatic rings. The monoisotopic (exact) mass is 399 g/mol. The van der Waals surface area contributed by atoms with E-state index in [1.54, 1.807) is 0 Å². The third-order valence-electron chi connectivity index (χ3n) is 4.72. The number of likely N-dealkylation sites (tertiary alicyclic amines) is 1. The average Bonchev–Trinajstić information content (AvgIpc) is 2.60. The Balaban J connectivity index is 1.79. The summed E-state index contributed by atoms with van der Waals surface area (Å²) in [5.41, 5.74) is 4.49. The molecule has 2 heterocycles. The fraction of sp³-hybridized carbons (Fsp3) is 0.471. The van der Waals surface area contributed by atoms with E-state index in [-0.39, 0.29) is 23.6 Å². The zero-order valence-electron chi connectivity index (χ0n) is 15.5. The number of nitrogen functional groups attached to an aromatic ring is 1. The predicted octanol–water partition coefficient (Wildman–Crippen LogP) is 2.89. The summed E-state index contributed by atoms with van der Waals surface area (Å²) in [6.07, 6.45) is -2.89. The van der Waals surface area contributed by atoms with Gasteiger partial charge in [0.05, 0.1) is 5.56 Å². The van der Waals surface area contributed by atoms with Crippen LogP contribution in [0.2, 0.25) is 0 Å². The number of aromatic nitrogens is 3. The van der Waals surface area contributed by atoms with Crippen molar-refractivity contribution in [2.75, 3.05) is 43.1 Å². The normalized spacial score (nSPS) is 16.2. The van der Waals surface area contributed by atoms with Crippen LogP contribution in [0.5, 0.6) is 0 Å². The molecule has 1 aliphatic heterocycles. The molecule has 1 saturated heterocycles. The Labute approximate surface area is 159 Å². The molecule has 0 radical (unpaired) electrons. The van der Waals surface area contributed by atoms with Gasteiger partial charge in [-0.2, -0.15) is 28.1 Å². The number of anilines is 4. The van der Waals surface area contributed by atoms with E-state index in [4.69, 9.17) is 5.73 Å². The van der Waals surface area contributed by atoms with E-state index >= 15 is 0 Å². The molecule has 152 valence electrons. The van der Waals surface area contributed by atoms with E-state index in [1.807, 2.05) is 11.9 Å². The summed E-state index contributed by atoms with van der Waals surface area (Å²) < 4.78 is 51.8. The molecule has 1 aromatic heterocycles. The lowest BCUT2D eigenvalue weighted by Crippen LogP contribution is -2.42. The molecule has 11 heteroatoms. The maximum atomic E-state index is 13.8. The second-order valence-electron chi connectivity index (χ2n) is 6.78. The van der Waals surface area contributed by atoms with Crippen LogP contribution in [-0.2, 0) is 6.18 Å². The molecule has 7 nitrogen and oxygen atoms in total. The Bertz CT molecular complexity index is 835. The number of alkyl halides is 3. The summed E-state index contributed by atoms with van der Waals surface area (Å²) in [5, 5.41) is 2.69. The second kappa shape index (κ2) is 7.74. The van der Waals surface area contributed by atoms with Gasteiger partial charge in [0.15, 0.2) is 0 Å². The van der Waals surface area contributed by atoms with Gasteiger partial charge >= 0.3 is 6.18 Å². The zero-order chi connectivity index (χ0) is 20.5. The van der Waals surface area contributed by atoms with Crippen molar-refractivity contribution in [3.8, 4) is 0 Å². The molecule has 0 unspecified atom stereocenters. The standard InChI is InChI=1S/C17H21F4N7/c1-27-7-5-11(6-8-27)28(2)16-25-14(22)24-15(26-16)23-10-3-4-12(13(18)9-10)17(19,20)21/h3-4,9,11H,5-8H2,1-2H3,(H3,22,23,24,25,26). The lowest BCUT2D eigenvalue weighted by Gasteiger charge is -2.35. The molecule has 0 atom stereocenters. The average molecular weight is 399 g/mol. The molecule has 2 aromatic rings. The van der Waals surface area contributed by atoms with Crippen molar-refractivity contribution >= 4 is 23.5 Å². The fourth-order valence-electron chi connectivity index (χ4n) is 3.09. The van der Waals surface area contributed by atoms with Crippen molar-refractivity contribution in [2.45, 2.75) is 25.1 Å². The van der Waals surface area contributed by atoms with Crippen molar-refractivity contribution in [3.63, 3.8) is 0 Å². The minimum Gasteiger partial charge on any atom is -0.368 e. The van der Waals surface area contributed by atoms with E-state index in [0.29, 0.717) is 12.0 Å². The van der Waals surface area contributed by atoms with Gasteiger partial charge in [0, 0.05) is 18.8 Å². The SMILES string of the molecule is CN1CCC(N(C)c2nc(N)nc(Nc3ccc(C(F)(F)F)c(F)c3)n2)CC1. The van der Waals surface area contributed by atoms with Crippen LogP contribution in [0.1, 0.15) is 18.4 Å². The van der Waals surface area contributed by atoms with Crippen molar-refractivity contribution in [2.24, 2.45) is 0 Å². The Morgan fingerprint density at radius 2 is 1.86 bits per heavy atom. The first-order valence-electron chi connectivity index (χ1n) is 8.70. The number of hydrogen-bond acceptors (Lipinski definition) is 7. The highest BCUT2D eigenvalue weighted by molar-refractivity contribution is 5.56. The van der Waals surface area contributed by atoms with E-state index < -0.39 is 17.6 Å². The van der Waals surface area contributed by atoms with Crippen LogP contribution in [-0.4, -0.2) is 53.1 Å². The maximum absolute atomic E-state index is 13.8. The van der Waals surface area contributed by atoms with Gasteiger partial charge in [-0.3, -0.25) is 0 Å². The lowest BCUT2D eigenvalue weighted by molar-refractivity contribution is -0.139. The summed E-state index contributed by atoms with van der Waals surface area (Å²) in [6.45, 7) is 1.90. The first-order valence-corrected chi connectivity index (χ1v) is 8.70. The number of piperidine rings is 1. The lowest BCUT2D eigenvalue weighted by atomic mass is 10.0. The van der Waals surface area contributed by atoms with Gasteiger partial charge < -0.3 is 20.9 Å². The molecule has 0 aliphatic carbocycles. The van der Waals surface area contributed by atoms with Gasteiger partial charge in [0.1, 0.15) is 5.82 Å². The molecule has 0 bridgehead atoms. The number of nitrogens with zero attached hydrogens (tertiary/aromatic N) is 5. The fourth-order valence-corrected chi connectivity index (χ4v) is 3.09. The number of nitrogens with two attached hydrogens (primary N) is 1. The smallest absolute Gasteiger partial charge is 0.368 e. The highest BCUT2D eigenvalue weighted by Crippen LogP contribution is 2.33. The molecule has 1 aromatic carbocycles. The molecule has 1 fully saturated rings. The van der Waals surface area contributed by atoms with Crippen LogP contribution in [0.3, 0.4) is 0 Å².